The van der Waals surface area contributed by atoms with Gasteiger partial charge < -0.3 is 11.1 Å². The van der Waals surface area contributed by atoms with Crippen LogP contribution in [-0.2, 0) is 0 Å². The summed E-state index contributed by atoms with van der Waals surface area (Å²) in [7, 11) is 0. The van der Waals surface area contributed by atoms with Gasteiger partial charge in [-0.15, -0.1) is 0 Å². The molecule has 0 amide bonds. The Bertz CT molecular complexity index is 709. The van der Waals surface area contributed by atoms with Crippen LogP contribution in [0.2, 0.25) is 0 Å². The standard InChI is InChI=1S/C13H12FN5O2/c14-8-3-1-2-7(4-8)9-5-10(9)17-13-16-6-11(19(20)21)12(15)18-13/h1-4,6,9-10H,5H2,(H3,15,16,17,18)/t9-,10+/m0/s1. The lowest BCUT2D eigenvalue weighted by Gasteiger charge is -2.05. The molecule has 2 atom stereocenters. The highest BCUT2D eigenvalue weighted by Crippen LogP contribution is 2.42. The number of hydrogen-bond acceptors (Lipinski definition) is 6. The van der Waals surface area contributed by atoms with E-state index in [0.29, 0.717) is 0 Å². The highest BCUT2D eigenvalue weighted by molar-refractivity contribution is 5.53. The van der Waals surface area contributed by atoms with Gasteiger partial charge in [-0.25, -0.2) is 9.37 Å². The van der Waals surface area contributed by atoms with Crippen LogP contribution >= 0.6 is 0 Å². The van der Waals surface area contributed by atoms with Gasteiger partial charge >= 0.3 is 5.69 Å². The molecule has 7 nitrogen and oxygen atoms in total. The number of anilines is 2. The van der Waals surface area contributed by atoms with Crippen molar-refractivity contribution in [2.45, 2.75) is 18.4 Å². The Labute approximate surface area is 119 Å². The number of nitrogens with two attached hydrogens (primary N) is 1. The van der Waals surface area contributed by atoms with Crippen molar-refractivity contribution < 1.29 is 9.31 Å². The predicted molar refractivity (Wildman–Crippen MR) is 74.3 cm³/mol. The molecule has 0 bridgehead atoms. The normalized spacial score (nSPS) is 20.0. The number of aromatic nitrogens is 2. The smallest absolute Gasteiger partial charge is 0.329 e. The van der Waals surface area contributed by atoms with Gasteiger partial charge in [-0.2, -0.15) is 4.98 Å². The molecule has 1 fully saturated rings. The molecule has 0 unspecified atom stereocenters. The van der Waals surface area contributed by atoms with Crippen molar-refractivity contribution in [2.24, 2.45) is 0 Å². The van der Waals surface area contributed by atoms with E-state index in [-0.39, 0.29) is 35.2 Å². The Kier molecular flexibility index (Phi) is 3.13. The number of nitro groups is 1. The van der Waals surface area contributed by atoms with Gasteiger partial charge in [-0.3, -0.25) is 10.1 Å². The molecule has 2 aromatic rings. The van der Waals surface area contributed by atoms with E-state index in [1.165, 1.54) is 12.1 Å². The second-order valence-electron chi connectivity index (χ2n) is 4.87. The number of halogens is 1. The van der Waals surface area contributed by atoms with Crippen LogP contribution in [0.5, 0.6) is 0 Å². The van der Waals surface area contributed by atoms with E-state index >= 15 is 0 Å². The molecule has 1 aromatic heterocycles. The lowest BCUT2D eigenvalue weighted by Crippen LogP contribution is -2.10. The van der Waals surface area contributed by atoms with Gasteiger partial charge in [0.05, 0.1) is 4.92 Å². The predicted octanol–water partition coefficient (Wildman–Crippen LogP) is 2.07. The lowest BCUT2D eigenvalue weighted by molar-refractivity contribution is -0.384. The Hall–Kier alpha value is -2.77. The average Bonchev–Trinajstić information content (AvgIpc) is 3.17. The molecule has 0 spiro atoms. The van der Waals surface area contributed by atoms with Crippen molar-refractivity contribution in [3.63, 3.8) is 0 Å². The first-order valence-electron chi connectivity index (χ1n) is 6.33. The molecule has 1 aliphatic carbocycles. The third-order valence-electron chi connectivity index (χ3n) is 3.38. The zero-order valence-electron chi connectivity index (χ0n) is 10.9. The van der Waals surface area contributed by atoms with E-state index in [1.807, 2.05) is 6.07 Å². The first-order chi connectivity index (χ1) is 10.0. The van der Waals surface area contributed by atoms with Crippen LogP contribution in [0.4, 0.5) is 21.8 Å². The van der Waals surface area contributed by atoms with Gasteiger partial charge in [0.15, 0.2) is 0 Å². The third-order valence-corrected chi connectivity index (χ3v) is 3.38. The summed E-state index contributed by atoms with van der Waals surface area (Å²) < 4.78 is 13.2. The van der Waals surface area contributed by atoms with Crippen molar-refractivity contribution in [2.75, 3.05) is 11.1 Å². The van der Waals surface area contributed by atoms with E-state index in [2.05, 4.69) is 15.3 Å². The largest absolute Gasteiger partial charge is 0.378 e. The van der Waals surface area contributed by atoms with Crippen LogP contribution in [-0.4, -0.2) is 20.9 Å². The monoisotopic (exact) mass is 289 g/mol. The molecular formula is C13H12FN5O2. The van der Waals surface area contributed by atoms with Gasteiger partial charge in [-0.05, 0) is 24.1 Å². The highest BCUT2D eigenvalue weighted by atomic mass is 19.1. The van der Waals surface area contributed by atoms with Crippen molar-refractivity contribution in [1.29, 1.82) is 0 Å². The minimum atomic E-state index is -0.633. The molecule has 8 heteroatoms. The molecule has 1 aromatic carbocycles. The maximum atomic E-state index is 13.2. The number of nitrogens with one attached hydrogen (secondary N) is 1. The lowest BCUT2D eigenvalue weighted by atomic mass is 10.1. The molecule has 3 rings (SSSR count). The molecule has 0 radical (unpaired) electrons. The second-order valence-corrected chi connectivity index (χ2v) is 4.87. The number of rotatable bonds is 4. The SMILES string of the molecule is Nc1nc(N[C@@H]2C[C@H]2c2cccc(F)c2)ncc1[N+](=O)[O-]. The van der Waals surface area contributed by atoms with Crippen LogP contribution < -0.4 is 11.1 Å². The summed E-state index contributed by atoms with van der Waals surface area (Å²) in [5.41, 5.74) is 6.09. The summed E-state index contributed by atoms with van der Waals surface area (Å²) in [6.45, 7) is 0. The minimum Gasteiger partial charge on any atom is -0.378 e. The summed E-state index contributed by atoms with van der Waals surface area (Å²) >= 11 is 0. The maximum Gasteiger partial charge on any atom is 0.329 e. The van der Waals surface area contributed by atoms with E-state index in [0.717, 1.165) is 18.2 Å². The topological polar surface area (TPSA) is 107 Å². The fourth-order valence-corrected chi connectivity index (χ4v) is 2.22. The Balaban J connectivity index is 1.69. The van der Waals surface area contributed by atoms with Gasteiger partial charge in [0.1, 0.15) is 12.0 Å². The van der Waals surface area contributed by atoms with Gasteiger partial charge in [0.25, 0.3) is 0 Å². The van der Waals surface area contributed by atoms with Crippen LogP contribution in [0.3, 0.4) is 0 Å². The van der Waals surface area contributed by atoms with E-state index in [4.69, 9.17) is 5.73 Å². The van der Waals surface area contributed by atoms with E-state index in [9.17, 15) is 14.5 Å². The number of hydrogen-bond donors (Lipinski definition) is 2. The molecule has 1 saturated carbocycles. The van der Waals surface area contributed by atoms with E-state index < -0.39 is 4.92 Å². The summed E-state index contributed by atoms with van der Waals surface area (Å²) in [4.78, 5) is 17.7. The zero-order valence-corrected chi connectivity index (χ0v) is 10.9. The zero-order chi connectivity index (χ0) is 15.0. The first kappa shape index (κ1) is 13.2. The molecule has 0 saturated heterocycles. The molecule has 3 N–H and O–H groups in total. The highest BCUT2D eigenvalue weighted by Gasteiger charge is 2.39. The number of nitrogen functional groups attached to an aromatic ring is 1. The maximum absolute atomic E-state index is 13.2. The summed E-state index contributed by atoms with van der Waals surface area (Å²) in [6, 6.07) is 6.50. The Morgan fingerprint density at radius 2 is 2.29 bits per heavy atom. The minimum absolute atomic E-state index is 0.0765. The van der Waals surface area contributed by atoms with Crippen LogP contribution in [0, 0.1) is 15.9 Å². The van der Waals surface area contributed by atoms with Crippen molar-refractivity contribution in [3.8, 4) is 0 Å². The Morgan fingerprint density at radius 3 is 2.95 bits per heavy atom. The van der Waals surface area contributed by atoms with E-state index in [1.54, 1.807) is 6.07 Å². The van der Waals surface area contributed by atoms with Gasteiger partial charge in [0, 0.05) is 12.0 Å². The average molecular weight is 289 g/mol. The van der Waals surface area contributed by atoms with Gasteiger partial charge in [-0.1, -0.05) is 12.1 Å². The van der Waals surface area contributed by atoms with Crippen molar-refractivity contribution in [1.82, 2.24) is 9.97 Å². The second kappa shape index (κ2) is 4.97. The van der Waals surface area contributed by atoms with Crippen LogP contribution in [0.15, 0.2) is 30.5 Å². The van der Waals surface area contributed by atoms with Crippen LogP contribution in [0.25, 0.3) is 0 Å². The number of benzene rings is 1. The molecule has 1 heterocycles. The van der Waals surface area contributed by atoms with Crippen LogP contribution in [0.1, 0.15) is 17.9 Å². The molecule has 21 heavy (non-hydrogen) atoms. The summed E-state index contributed by atoms with van der Waals surface area (Å²) in [5, 5.41) is 13.7. The summed E-state index contributed by atoms with van der Waals surface area (Å²) in [5.74, 6) is -0.0304. The van der Waals surface area contributed by atoms with Crippen molar-refractivity contribution >= 4 is 17.5 Å². The Morgan fingerprint density at radius 1 is 1.48 bits per heavy atom. The van der Waals surface area contributed by atoms with Gasteiger partial charge in [0.2, 0.25) is 11.8 Å². The molecule has 1 aliphatic rings. The molecular weight excluding hydrogens is 277 g/mol. The summed E-state index contributed by atoms with van der Waals surface area (Å²) in [6.07, 6.45) is 1.90. The quantitative estimate of drug-likeness (QED) is 0.659. The third kappa shape index (κ3) is 2.73. The number of nitrogens with zero attached hydrogens (tertiary/aromatic N) is 3. The fourth-order valence-electron chi connectivity index (χ4n) is 2.22. The molecule has 108 valence electrons. The first-order valence-corrected chi connectivity index (χ1v) is 6.33. The molecule has 0 aliphatic heterocycles. The van der Waals surface area contributed by atoms with Crippen molar-refractivity contribution in [3.05, 3.63) is 52.0 Å². The fraction of sp³-hybridized carbons (Fsp3) is 0.231.